The highest BCUT2D eigenvalue weighted by Crippen LogP contribution is 2.28. The molecule has 1 amide bonds. The van der Waals surface area contributed by atoms with Crippen molar-refractivity contribution in [1.82, 2.24) is 19.4 Å². The van der Waals surface area contributed by atoms with Gasteiger partial charge in [-0.1, -0.05) is 12.1 Å². The van der Waals surface area contributed by atoms with Crippen LogP contribution in [0, 0.1) is 6.92 Å². The van der Waals surface area contributed by atoms with Crippen molar-refractivity contribution < 1.29 is 14.3 Å². The Morgan fingerprint density at radius 1 is 1.11 bits per heavy atom. The summed E-state index contributed by atoms with van der Waals surface area (Å²) >= 11 is 0. The third-order valence-electron chi connectivity index (χ3n) is 6.49. The number of carbonyl (C=O) groups is 1. The third-order valence-corrected chi connectivity index (χ3v) is 6.49. The summed E-state index contributed by atoms with van der Waals surface area (Å²) in [4.78, 5) is 26.3. The van der Waals surface area contributed by atoms with Crippen molar-refractivity contribution in [2.75, 3.05) is 44.9 Å². The molecule has 8 nitrogen and oxygen atoms in total. The summed E-state index contributed by atoms with van der Waals surface area (Å²) in [6.45, 7) is 6.46. The molecule has 8 heteroatoms. The number of piperidine rings is 1. The molecule has 0 spiro atoms. The number of anilines is 1. The standard InChI is InChI=1S/C27H31N5O3/c1-20-17-32(19-29-20)24-7-5-21(15-25(24)34-2)14-23-4-3-9-31(27(23)33)18-22-6-8-26(28-16-22)30-10-12-35-13-11-30/h5-8,14-17,19H,3-4,9-13,18H2,1-2H3. The number of morpholine rings is 1. The number of methoxy groups -OCH3 is 1. The smallest absolute Gasteiger partial charge is 0.250 e. The first-order chi connectivity index (χ1) is 17.1. The Hall–Kier alpha value is -3.65. The molecule has 0 saturated carbocycles. The van der Waals surface area contributed by atoms with Gasteiger partial charge in [-0.05, 0) is 55.2 Å². The minimum absolute atomic E-state index is 0.0850. The second kappa shape index (κ2) is 10.3. The average Bonchev–Trinajstić information content (AvgIpc) is 3.33. The SMILES string of the molecule is COc1cc(C=C2CCCN(Cc3ccc(N4CCOCC4)nc3)C2=O)ccc1-n1cnc(C)c1. The summed E-state index contributed by atoms with van der Waals surface area (Å²) in [7, 11) is 1.66. The maximum Gasteiger partial charge on any atom is 0.250 e. The lowest BCUT2D eigenvalue weighted by Crippen LogP contribution is -2.37. The van der Waals surface area contributed by atoms with Gasteiger partial charge in [-0.15, -0.1) is 0 Å². The second-order valence-electron chi connectivity index (χ2n) is 8.98. The lowest BCUT2D eigenvalue weighted by atomic mass is 10.00. The predicted molar refractivity (Wildman–Crippen MR) is 135 cm³/mol. The van der Waals surface area contributed by atoms with Crippen molar-refractivity contribution in [3.63, 3.8) is 0 Å². The minimum atomic E-state index is 0.0850. The number of ether oxygens (including phenoxy) is 2. The van der Waals surface area contributed by atoms with E-state index < -0.39 is 0 Å². The van der Waals surface area contributed by atoms with Gasteiger partial charge in [0.15, 0.2) is 0 Å². The van der Waals surface area contributed by atoms with Gasteiger partial charge in [0.25, 0.3) is 0 Å². The van der Waals surface area contributed by atoms with E-state index in [0.717, 1.165) is 85.3 Å². The predicted octanol–water partition coefficient (Wildman–Crippen LogP) is 3.63. The van der Waals surface area contributed by atoms with Gasteiger partial charge in [-0.25, -0.2) is 9.97 Å². The lowest BCUT2D eigenvalue weighted by Gasteiger charge is -2.29. The molecule has 182 valence electrons. The summed E-state index contributed by atoms with van der Waals surface area (Å²) < 4.78 is 13.0. The number of hydrogen-bond acceptors (Lipinski definition) is 6. The van der Waals surface area contributed by atoms with E-state index in [1.807, 2.05) is 59.1 Å². The molecule has 5 rings (SSSR count). The molecule has 2 saturated heterocycles. The fourth-order valence-corrected chi connectivity index (χ4v) is 4.62. The molecule has 0 unspecified atom stereocenters. The Morgan fingerprint density at radius 2 is 1.97 bits per heavy atom. The number of pyridine rings is 1. The van der Waals surface area contributed by atoms with E-state index in [9.17, 15) is 4.79 Å². The summed E-state index contributed by atoms with van der Waals surface area (Å²) in [5, 5.41) is 0. The van der Waals surface area contributed by atoms with Crippen LogP contribution in [-0.4, -0.2) is 65.3 Å². The first-order valence-electron chi connectivity index (χ1n) is 12.1. The number of imidazole rings is 1. The number of nitrogens with zero attached hydrogens (tertiary/aromatic N) is 5. The maximum atomic E-state index is 13.3. The van der Waals surface area contributed by atoms with Crippen LogP contribution in [0.15, 0.2) is 54.6 Å². The van der Waals surface area contributed by atoms with Gasteiger partial charge in [-0.2, -0.15) is 0 Å². The number of carbonyl (C=O) groups excluding carboxylic acids is 1. The fourth-order valence-electron chi connectivity index (χ4n) is 4.62. The number of likely N-dealkylation sites (tertiary alicyclic amines) is 1. The normalized spacial score (nSPS) is 17.8. The van der Waals surface area contributed by atoms with Crippen LogP contribution in [-0.2, 0) is 16.1 Å². The zero-order valence-electron chi connectivity index (χ0n) is 20.3. The van der Waals surface area contributed by atoms with Crippen LogP contribution in [0.3, 0.4) is 0 Å². The van der Waals surface area contributed by atoms with Crippen molar-refractivity contribution >= 4 is 17.8 Å². The summed E-state index contributed by atoms with van der Waals surface area (Å²) in [6, 6.07) is 10.1. The Kier molecular flexibility index (Phi) is 6.81. The van der Waals surface area contributed by atoms with E-state index in [0.29, 0.717) is 6.54 Å². The van der Waals surface area contributed by atoms with Crippen LogP contribution in [0.25, 0.3) is 11.8 Å². The quantitative estimate of drug-likeness (QED) is 0.509. The molecule has 1 aromatic carbocycles. The summed E-state index contributed by atoms with van der Waals surface area (Å²) in [6.07, 6.45) is 9.32. The van der Waals surface area contributed by atoms with Gasteiger partial charge in [0, 0.05) is 44.1 Å². The van der Waals surface area contributed by atoms with Crippen molar-refractivity contribution in [1.29, 1.82) is 0 Å². The molecule has 4 heterocycles. The zero-order chi connectivity index (χ0) is 24.2. The second-order valence-corrected chi connectivity index (χ2v) is 8.98. The Labute approximate surface area is 205 Å². The number of benzene rings is 1. The van der Waals surface area contributed by atoms with Gasteiger partial charge >= 0.3 is 0 Å². The molecule has 0 N–H and O–H groups in total. The van der Waals surface area contributed by atoms with E-state index in [4.69, 9.17) is 9.47 Å². The fraction of sp³-hybridized carbons (Fsp3) is 0.370. The lowest BCUT2D eigenvalue weighted by molar-refractivity contribution is -0.129. The van der Waals surface area contributed by atoms with Gasteiger partial charge in [0.05, 0.1) is 38.0 Å². The van der Waals surface area contributed by atoms with Gasteiger partial charge < -0.3 is 23.8 Å². The highest BCUT2D eigenvalue weighted by molar-refractivity contribution is 5.98. The zero-order valence-corrected chi connectivity index (χ0v) is 20.3. The first-order valence-corrected chi connectivity index (χ1v) is 12.1. The average molecular weight is 474 g/mol. The maximum absolute atomic E-state index is 13.3. The van der Waals surface area contributed by atoms with Gasteiger partial charge in [0.1, 0.15) is 11.6 Å². The van der Waals surface area contributed by atoms with Crippen LogP contribution in [0.2, 0.25) is 0 Å². The van der Waals surface area contributed by atoms with E-state index in [2.05, 4.69) is 20.9 Å². The van der Waals surface area contributed by atoms with E-state index in [1.165, 1.54) is 0 Å². The van der Waals surface area contributed by atoms with Crippen LogP contribution >= 0.6 is 0 Å². The van der Waals surface area contributed by atoms with Crippen molar-refractivity contribution in [2.45, 2.75) is 26.3 Å². The van der Waals surface area contributed by atoms with Crippen molar-refractivity contribution in [3.8, 4) is 11.4 Å². The number of rotatable bonds is 6. The highest BCUT2D eigenvalue weighted by atomic mass is 16.5. The van der Waals surface area contributed by atoms with Crippen LogP contribution in [0.1, 0.15) is 29.7 Å². The summed E-state index contributed by atoms with van der Waals surface area (Å²) in [5.74, 6) is 1.79. The highest BCUT2D eigenvalue weighted by Gasteiger charge is 2.23. The number of aromatic nitrogens is 3. The van der Waals surface area contributed by atoms with Crippen LogP contribution < -0.4 is 9.64 Å². The topological polar surface area (TPSA) is 72.7 Å². The number of amides is 1. The molecule has 0 atom stereocenters. The molecule has 0 aliphatic carbocycles. The molecule has 2 aliphatic heterocycles. The van der Waals surface area contributed by atoms with Gasteiger partial charge in [0.2, 0.25) is 5.91 Å². The van der Waals surface area contributed by atoms with Crippen LogP contribution in [0.4, 0.5) is 5.82 Å². The molecule has 3 aromatic rings. The van der Waals surface area contributed by atoms with E-state index in [1.54, 1.807) is 13.4 Å². The number of aryl methyl sites for hydroxylation is 1. The Bertz CT molecular complexity index is 1210. The van der Waals surface area contributed by atoms with E-state index in [-0.39, 0.29) is 5.91 Å². The molecule has 35 heavy (non-hydrogen) atoms. The summed E-state index contributed by atoms with van der Waals surface area (Å²) in [5.41, 5.74) is 4.67. The molecule has 0 bridgehead atoms. The molecule has 0 radical (unpaired) electrons. The monoisotopic (exact) mass is 473 g/mol. The third kappa shape index (κ3) is 5.22. The Balaban J connectivity index is 1.29. The molecule has 2 aliphatic rings. The van der Waals surface area contributed by atoms with Crippen molar-refractivity contribution in [2.24, 2.45) is 0 Å². The molecule has 2 fully saturated rings. The first kappa shape index (κ1) is 23.1. The Morgan fingerprint density at radius 3 is 2.69 bits per heavy atom. The minimum Gasteiger partial charge on any atom is -0.495 e. The van der Waals surface area contributed by atoms with Gasteiger partial charge in [-0.3, -0.25) is 4.79 Å². The molecule has 2 aromatic heterocycles. The largest absolute Gasteiger partial charge is 0.495 e. The van der Waals surface area contributed by atoms with Crippen molar-refractivity contribution in [3.05, 3.63) is 71.4 Å². The number of hydrogen-bond donors (Lipinski definition) is 0. The molecular weight excluding hydrogens is 442 g/mol. The van der Waals surface area contributed by atoms with E-state index >= 15 is 0 Å². The molecular formula is C27H31N5O3. The van der Waals surface area contributed by atoms with Crippen LogP contribution in [0.5, 0.6) is 5.75 Å².